The van der Waals surface area contributed by atoms with Crippen LogP contribution in [0.1, 0.15) is 21.7 Å². The first-order chi connectivity index (χ1) is 4.16. The van der Waals surface area contributed by atoms with Gasteiger partial charge in [0.05, 0.1) is 6.61 Å². The number of hydrogen-bond donors (Lipinski definition) is 0. The molecule has 0 aromatic rings. The molecule has 54 valence electrons. The number of hydrogen-bond acceptors (Lipinski definition) is 3. The first kappa shape index (κ1) is 13.8. The van der Waals surface area contributed by atoms with Crippen molar-refractivity contribution in [2.45, 2.75) is 20.3 Å². The molecule has 0 aliphatic heterocycles. The SMILES string of the molecule is CCOC(=O)CC(C)=O.[Cs+].[H-]. The van der Waals surface area contributed by atoms with Gasteiger partial charge in [-0.3, -0.25) is 9.59 Å². The van der Waals surface area contributed by atoms with Crippen molar-refractivity contribution in [2.75, 3.05) is 6.61 Å². The Kier molecular flexibility index (Phi) is 11.4. The summed E-state index contributed by atoms with van der Waals surface area (Å²) in [5, 5.41) is 0. The molecule has 0 aliphatic carbocycles. The quantitative estimate of drug-likeness (QED) is 0.423. The molecule has 0 aliphatic rings. The van der Waals surface area contributed by atoms with Crippen LogP contribution in [0.25, 0.3) is 0 Å². The van der Waals surface area contributed by atoms with Gasteiger partial charge in [0.1, 0.15) is 12.2 Å². The molecule has 0 unspecified atom stereocenters. The molecule has 3 nitrogen and oxygen atoms in total. The maximum absolute atomic E-state index is 10.4. The average Bonchev–Trinajstić information content (AvgIpc) is 1.63. The molecule has 4 heteroatoms. The van der Waals surface area contributed by atoms with E-state index in [-0.39, 0.29) is 82.5 Å². The van der Waals surface area contributed by atoms with E-state index in [1.807, 2.05) is 0 Å². The number of Topliss-reactive ketones (excluding diaryl/α,β-unsaturated/α-hetero) is 1. The van der Waals surface area contributed by atoms with Gasteiger partial charge in [0.25, 0.3) is 0 Å². The Hall–Kier alpha value is 1.19. The molecule has 0 N–H and O–H groups in total. The van der Waals surface area contributed by atoms with Gasteiger partial charge in [-0.2, -0.15) is 0 Å². The summed E-state index contributed by atoms with van der Waals surface area (Å²) in [5.74, 6) is -0.599. The van der Waals surface area contributed by atoms with E-state index in [4.69, 9.17) is 0 Å². The predicted octanol–water partition coefficient (Wildman–Crippen LogP) is -2.35. The van der Waals surface area contributed by atoms with E-state index in [0.29, 0.717) is 6.61 Å². The molecule has 0 bridgehead atoms. The molecular formula is C6H11CsO3. The summed E-state index contributed by atoms with van der Waals surface area (Å²) in [6, 6.07) is 0. The van der Waals surface area contributed by atoms with Crippen molar-refractivity contribution in [3.05, 3.63) is 0 Å². The minimum absolute atomic E-state index is 0. The van der Waals surface area contributed by atoms with Crippen LogP contribution in [-0.4, -0.2) is 18.4 Å². The Balaban J connectivity index is -0.000000320. The van der Waals surface area contributed by atoms with Crippen LogP contribution in [0, 0.1) is 0 Å². The third-order valence-corrected chi connectivity index (χ3v) is 0.699. The minimum atomic E-state index is -0.440. The molecular weight excluding hydrogens is 253 g/mol. The van der Waals surface area contributed by atoms with Crippen molar-refractivity contribution < 1.29 is 84.6 Å². The number of ether oxygens (including phenoxy) is 1. The molecule has 0 heterocycles. The van der Waals surface area contributed by atoms with Crippen LogP contribution in [0.4, 0.5) is 0 Å². The van der Waals surface area contributed by atoms with Crippen LogP contribution in [0.5, 0.6) is 0 Å². The third kappa shape index (κ3) is 9.19. The van der Waals surface area contributed by atoms with Crippen molar-refractivity contribution in [2.24, 2.45) is 0 Å². The van der Waals surface area contributed by atoms with Crippen molar-refractivity contribution in [1.29, 1.82) is 0 Å². The Morgan fingerprint density at radius 3 is 2.30 bits per heavy atom. The van der Waals surface area contributed by atoms with Crippen LogP contribution in [0.3, 0.4) is 0 Å². The molecule has 10 heavy (non-hydrogen) atoms. The molecule has 0 rings (SSSR count). The van der Waals surface area contributed by atoms with Gasteiger partial charge < -0.3 is 6.16 Å². The van der Waals surface area contributed by atoms with Crippen LogP contribution in [0.15, 0.2) is 0 Å². The van der Waals surface area contributed by atoms with Crippen molar-refractivity contribution in [1.82, 2.24) is 0 Å². The smallest absolute Gasteiger partial charge is 1.00 e. The number of carbonyl (C=O) groups is 2. The van der Waals surface area contributed by atoms with Crippen molar-refractivity contribution in [3.8, 4) is 0 Å². The molecule has 0 aromatic carbocycles. The first-order valence-corrected chi connectivity index (χ1v) is 2.82. The maximum Gasteiger partial charge on any atom is 1.00 e. The van der Waals surface area contributed by atoms with E-state index in [9.17, 15) is 9.59 Å². The molecule has 0 amide bonds. The molecule has 0 radical (unpaired) electrons. The van der Waals surface area contributed by atoms with Crippen molar-refractivity contribution in [3.63, 3.8) is 0 Å². The number of carbonyl (C=O) groups excluding carboxylic acids is 2. The standard InChI is InChI=1S/C6H10O3.Cs.H/c1-3-9-6(8)4-5(2)7;;/h3-4H2,1-2H3;;/q;+1;-1. The number of rotatable bonds is 3. The van der Waals surface area contributed by atoms with E-state index >= 15 is 0 Å². The Bertz CT molecular complexity index is 127. The summed E-state index contributed by atoms with van der Waals surface area (Å²) in [4.78, 5) is 20.6. The third-order valence-electron chi connectivity index (χ3n) is 0.699. The van der Waals surface area contributed by atoms with Gasteiger partial charge >= 0.3 is 74.9 Å². The van der Waals surface area contributed by atoms with Gasteiger partial charge in [-0.05, 0) is 13.8 Å². The average molecular weight is 264 g/mol. The second kappa shape index (κ2) is 8.29. The van der Waals surface area contributed by atoms with Crippen LogP contribution in [-0.2, 0) is 14.3 Å². The monoisotopic (exact) mass is 264 g/mol. The summed E-state index contributed by atoms with van der Waals surface area (Å²) in [6.45, 7) is 3.40. The van der Waals surface area contributed by atoms with E-state index in [1.54, 1.807) is 6.92 Å². The zero-order valence-corrected chi connectivity index (χ0v) is 12.9. The van der Waals surface area contributed by atoms with Gasteiger partial charge in [-0.15, -0.1) is 0 Å². The Morgan fingerprint density at radius 2 is 2.00 bits per heavy atom. The largest absolute Gasteiger partial charge is 1.00 e. The zero-order valence-electron chi connectivity index (χ0n) is 7.64. The van der Waals surface area contributed by atoms with E-state index in [1.165, 1.54) is 6.92 Å². The molecule has 0 atom stereocenters. The van der Waals surface area contributed by atoms with Crippen LogP contribution in [0.2, 0.25) is 0 Å². The van der Waals surface area contributed by atoms with E-state index in [0.717, 1.165) is 0 Å². The Labute approximate surface area is 121 Å². The molecule has 0 saturated carbocycles. The summed E-state index contributed by atoms with van der Waals surface area (Å²) < 4.78 is 4.49. The summed E-state index contributed by atoms with van der Waals surface area (Å²) in [7, 11) is 0. The normalized spacial score (nSPS) is 7.80. The van der Waals surface area contributed by atoms with E-state index in [2.05, 4.69) is 4.74 Å². The fraction of sp³-hybridized carbons (Fsp3) is 0.667. The number of esters is 1. The predicted molar refractivity (Wildman–Crippen MR) is 33.0 cm³/mol. The Morgan fingerprint density at radius 1 is 1.50 bits per heavy atom. The summed E-state index contributed by atoms with van der Waals surface area (Å²) >= 11 is 0. The molecule has 0 saturated heterocycles. The summed E-state index contributed by atoms with van der Waals surface area (Å²) in [6.07, 6.45) is -0.103. The van der Waals surface area contributed by atoms with Gasteiger partial charge in [0.15, 0.2) is 0 Å². The van der Waals surface area contributed by atoms with E-state index < -0.39 is 5.97 Å². The van der Waals surface area contributed by atoms with Crippen LogP contribution >= 0.6 is 0 Å². The first-order valence-electron chi connectivity index (χ1n) is 2.82. The molecule has 0 spiro atoms. The zero-order chi connectivity index (χ0) is 7.28. The fourth-order valence-electron chi connectivity index (χ4n) is 0.415. The van der Waals surface area contributed by atoms with Crippen LogP contribution < -0.4 is 68.9 Å². The minimum Gasteiger partial charge on any atom is -1.00 e. The summed E-state index contributed by atoms with van der Waals surface area (Å²) in [5.41, 5.74) is 0. The van der Waals surface area contributed by atoms with Gasteiger partial charge in [0, 0.05) is 0 Å². The second-order valence-corrected chi connectivity index (χ2v) is 1.68. The second-order valence-electron chi connectivity index (χ2n) is 1.68. The molecule has 0 fully saturated rings. The molecule has 0 aromatic heterocycles. The van der Waals surface area contributed by atoms with Gasteiger partial charge in [-0.25, -0.2) is 0 Å². The maximum atomic E-state index is 10.4. The van der Waals surface area contributed by atoms with Gasteiger partial charge in [-0.1, -0.05) is 0 Å². The fourth-order valence-corrected chi connectivity index (χ4v) is 0.415. The van der Waals surface area contributed by atoms with Gasteiger partial charge in [0.2, 0.25) is 0 Å². The number of ketones is 1. The topological polar surface area (TPSA) is 43.4 Å². The van der Waals surface area contributed by atoms with Crippen molar-refractivity contribution >= 4 is 11.8 Å².